The monoisotopic (exact) mass is 342 g/mol. The summed E-state index contributed by atoms with van der Waals surface area (Å²) < 4.78 is 1.74. The van der Waals surface area contributed by atoms with Gasteiger partial charge in [-0.25, -0.2) is 4.68 Å². The predicted molar refractivity (Wildman–Crippen MR) is 96.9 cm³/mol. The molecule has 2 unspecified atom stereocenters. The maximum atomic E-state index is 12.4. The summed E-state index contributed by atoms with van der Waals surface area (Å²) in [6.45, 7) is 6.98. The number of tetrazole rings is 1. The van der Waals surface area contributed by atoms with Crippen LogP contribution in [0.25, 0.3) is 11.4 Å². The number of anilines is 1. The highest BCUT2D eigenvalue weighted by atomic mass is 16.1. The molecule has 25 heavy (non-hydrogen) atoms. The van der Waals surface area contributed by atoms with E-state index in [2.05, 4.69) is 33.1 Å². The summed E-state index contributed by atoms with van der Waals surface area (Å²) in [6, 6.07) is 7.68. The van der Waals surface area contributed by atoms with Crippen LogP contribution >= 0.6 is 0 Å². The molecule has 1 aliphatic heterocycles. The third kappa shape index (κ3) is 4.42. The van der Waals surface area contributed by atoms with Crippen molar-refractivity contribution in [2.45, 2.75) is 39.7 Å². The first-order valence-corrected chi connectivity index (χ1v) is 9.04. The Morgan fingerprint density at radius 1 is 1.48 bits per heavy atom. The van der Waals surface area contributed by atoms with Crippen molar-refractivity contribution < 1.29 is 4.79 Å². The fourth-order valence-electron chi connectivity index (χ4n) is 3.40. The summed E-state index contributed by atoms with van der Waals surface area (Å²) in [4.78, 5) is 12.4. The normalized spacial score (nSPS) is 18.7. The Kier molecular flexibility index (Phi) is 5.75. The van der Waals surface area contributed by atoms with Gasteiger partial charge in [0.05, 0.1) is 0 Å². The average molecular weight is 342 g/mol. The van der Waals surface area contributed by atoms with Crippen LogP contribution in [-0.2, 0) is 11.3 Å². The topological polar surface area (TPSA) is 84.7 Å². The summed E-state index contributed by atoms with van der Waals surface area (Å²) in [5.41, 5.74) is 1.68. The van der Waals surface area contributed by atoms with Gasteiger partial charge in [-0.05, 0) is 67.3 Å². The minimum Gasteiger partial charge on any atom is -0.326 e. The lowest BCUT2D eigenvalue weighted by Crippen LogP contribution is -2.34. The second-order valence-corrected chi connectivity index (χ2v) is 6.74. The Hall–Kier alpha value is -2.28. The molecule has 7 heteroatoms. The van der Waals surface area contributed by atoms with E-state index in [-0.39, 0.29) is 5.91 Å². The first-order chi connectivity index (χ1) is 12.2. The second-order valence-electron chi connectivity index (χ2n) is 6.74. The molecule has 0 aliphatic carbocycles. The number of carbonyl (C=O) groups is 1. The SMILES string of the molecule is CCn1nnnc1-c1cccc(NC(=O)CC(C)C2CCCNC2)c1. The number of nitrogens with zero attached hydrogens (tertiary/aromatic N) is 4. The average Bonchev–Trinajstić information content (AvgIpc) is 3.11. The molecular formula is C18H26N6O. The minimum atomic E-state index is 0.0605. The summed E-state index contributed by atoms with van der Waals surface area (Å²) in [7, 11) is 0. The molecule has 1 fully saturated rings. The van der Waals surface area contributed by atoms with E-state index in [1.165, 1.54) is 12.8 Å². The van der Waals surface area contributed by atoms with Crippen LogP contribution in [-0.4, -0.2) is 39.2 Å². The molecule has 1 amide bonds. The van der Waals surface area contributed by atoms with Gasteiger partial charge in [-0.2, -0.15) is 0 Å². The number of nitrogens with one attached hydrogen (secondary N) is 2. The van der Waals surface area contributed by atoms with Crippen molar-refractivity contribution in [3.05, 3.63) is 24.3 Å². The molecule has 1 aromatic carbocycles. The van der Waals surface area contributed by atoms with Gasteiger partial charge >= 0.3 is 0 Å². The van der Waals surface area contributed by atoms with Crippen molar-refractivity contribution in [1.82, 2.24) is 25.5 Å². The molecule has 2 N–H and O–H groups in total. The number of rotatable bonds is 6. The lowest BCUT2D eigenvalue weighted by Gasteiger charge is -2.28. The van der Waals surface area contributed by atoms with Gasteiger partial charge in [0, 0.05) is 24.2 Å². The van der Waals surface area contributed by atoms with Crippen molar-refractivity contribution >= 4 is 11.6 Å². The van der Waals surface area contributed by atoms with Gasteiger partial charge in [0.2, 0.25) is 5.91 Å². The zero-order chi connectivity index (χ0) is 17.6. The van der Waals surface area contributed by atoms with E-state index in [1.54, 1.807) is 4.68 Å². The van der Waals surface area contributed by atoms with Gasteiger partial charge in [0.15, 0.2) is 5.82 Å². The second kappa shape index (κ2) is 8.20. The van der Waals surface area contributed by atoms with Crippen LogP contribution in [0, 0.1) is 11.8 Å². The first-order valence-electron chi connectivity index (χ1n) is 9.04. The Bertz CT molecular complexity index is 707. The van der Waals surface area contributed by atoms with E-state index in [0.717, 1.165) is 24.3 Å². The standard InChI is InChI=1S/C18H26N6O/c1-3-24-18(21-22-23-24)14-6-4-8-16(11-14)20-17(25)10-13(2)15-7-5-9-19-12-15/h4,6,8,11,13,15,19H,3,5,7,9-10,12H2,1-2H3,(H,20,25). The Labute approximate surface area is 148 Å². The van der Waals surface area contributed by atoms with Crippen LogP contribution in [0.4, 0.5) is 5.69 Å². The molecule has 0 saturated carbocycles. The van der Waals surface area contributed by atoms with E-state index < -0.39 is 0 Å². The van der Waals surface area contributed by atoms with Crippen molar-refractivity contribution in [3.63, 3.8) is 0 Å². The number of hydrogen-bond donors (Lipinski definition) is 2. The third-order valence-electron chi connectivity index (χ3n) is 4.88. The zero-order valence-corrected chi connectivity index (χ0v) is 14.9. The molecule has 1 aromatic heterocycles. The highest BCUT2D eigenvalue weighted by molar-refractivity contribution is 5.91. The summed E-state index contributed by atoms with van der Waals surface area (Å²) >= 11 is 0. The number of benzene rings is 1. The molecule has 134 valence electrons. The van der Waals surface area contributed by atoms with Gasteiger partial charge < -0.3 is 10.6 Å². The van der Waals surface area contributed by atoms with Crippen molar-refractivity contribution in [3.8, 4) is 11.4 Å². The molecular weight excluding hydrogens is 316 g/mol. The smallest absolute Gasteiger partial charge is 0.224 e. The number of piperidine rings is 1. The number of aryl methyl sites for hydroxylation is 1. The van der Waals surface area contributed by atoms with Crippen LogP contribution in [0.3, 0.4) is 0 Å². The Morgan fingerprint density at radius 2 is 2.36 bits per heavy atom. The van der Waals surface area contributed by atoms with Crippen LogP contribution < -0.4 is 10.6 Å². The molecule has 2 aromatic rings. The number of hydrogen-bond acceptors (Lipinski definition) is 5. The predicted octanol–water partition coefficient (Wildman–Crippen LogP) is 2.32. The van der Waals surface area contributed by atoms with E-state index in [0.29, 0.717) is 30.6 Å². The fourth-order valence-corrected chi connectivity index (χ4v) is 3.40. The Morgan fingerprint density at radius 3 is 3.12 bits per heavy atom. The highest BCUT2D eigenvalue weighted by Gasteiger charge is 2.22. The van der Waals surface area contributed by atoms with E-state index >= 15 is 0 Å². The molecule has 2 atom stereocenters. The largest absolute Gasteiger partial charge is 0.326 e. The molecule has 0 bridgehead atoms. The molecule has 0 spiro atoms. The molecule has 3 rings (SSSR count). The lowest BCUT2D eigenvalue weighted by molar-refractivity contribution is -0.117. The lowest BCUT2D eigenvalue weighted by atomic mass is 9.85. The van der Waals surface area contributed by atoms with Gasteiger partial charge in [-0.1, -0.05) is 19.1 Å². The summed E-state index contributed by atoms with van der Waals surface area (Å²) in [5, 5.41) is 18.2. The molecule has 1 saturated heterocycles. The fraction of sp³-hybridized carbons (Fsp3) is 0.556. The van der Waals surface area contributed by atoms with Crippen LogP contribution in [0.15, 0.2) is 24.3 Å². The molecule has 1 aliphatic rings. The van der Waals surface area contributed by atoms with Crippen LogP contribution in [0.2, 0.25) is 0 Å². The van der Waals surface area contributed by atoms with E-state index in [4.69, 9.17) is 0 Å². The maximum absolute atomic E-state index is 12.4. The third-order valence-corrected chi connectivity index (χ3v) is 4.88. The van der Waals surface area contributed by atoms with Crippen LogP contribution in [0.1, 0.15) is 33.1 Å². The molecule has 2 heterocycles. The maximum Gasteiger partial charge on any atom is 0.224 e. The highest BCUT2D eigenvalue weighted by Crippen LogP contribution is 2.24. The van der Waals surface area contributed by atoms with Crippen LogP contribution in [0.5, 0.6) is 0 Å². The van der Waals surface area contributed by atoms with Crippen molar-refractivity contribution in [2.24, 2.45) is 11.8 Å². The van der Waals surface area contributed by atoms with Gasteiger partial charge in [0.1, 0.15) is 0 Å². The quantitative estimate of drug-likeness (QED) is 0.841. The van der Waals surface area contributed by atoms with E-state index in [9.17, 15) is 4.79 Å². The molecule has 0 radical (unpaired) electrons. The van der Waals surface area contributed by atoms with Crippen molar-refractivity contribution in [1.29, 1.82) is 0 Å². The number of amides is 1. The van der Waals surface area contributed by atoms with Gasteiger partial charge in [-0.3, -0.25) is 4.79 Å². The van der Waals surface area contributed by atoms with E-state index in [1.807, 2.05) is 31.2 Å². The first kappa shape index (κ1) is 17.5. The summed E-state index contributed by atoms with van der Waals surface area (Å²) in [5.74, 6) is 1.73. The van der Waals surface area contributed by atoms with Gasteiger partial charge in [-0.15, -0.1) is 5.10 Å². The summed E-state index contributed by atoms with van der Waals surface area (Å²) in [6.07, 6.45) is 2.95. The van der Waals surface area contributed by atoms with Gasteiger partial charge in [0.25, 0.3) is 0 Å². The number of aromatic nitrogens is 4. The number of carbonyl (C=O) groups excluding carboxylic acids is 1. The molecule has 7 nitrogen and oxygen atoms in total. The minimum absolute atomic E-state index is 0.0605. The van der Waals surface area contributed by atoms with Crippen molar-refractivity contribution in [2.75, 3.05) is 18.4 Å². The zero-order valence-electron chi connectivity index (χ0n) is 14.9. The Balaban J connectivity index is 1.62.